The molecule has 1 N–H and O–H groups in total. The van der Waals surface area contributed by atoms with E-state index in [2.05, 4.69) is 9.97 Å². The number of fused-ring (bicyclic) bond motifs is 1. The minimum atomic E-state index is -0.820. The van der Waals surface area contributed by atoms with Crippen LogP contribution in [-0.4, -0.2) is 45.4 Å². The van der Waals surface area contributed by atoms with Crippen LogP contribution in [0.4, 0.5) is 4.39 Å². The van der Waals surface area contributed by atoms with Crippen LogP contribution in [0, 0.1) is 5.82 Å². The van der Waals surface area contributed by atoms with Crippen molar-refractivity contribution in [2.45, 2.75) is 20.8 Å². The molecule has 0 fully saturated rings. The first-order chi connectivity index (χ1) is 14.5. The molecule has 1 aromatic carbocycles. The first-order valence-electron chi connectivity index (χ1n) is 9.23. The lowest BCUT2D eigenvalue weighted by molar-refractivity contribution is 0.0524. The topological polar surface area (TPSA) is 104 Å². The molecule has 0 radical (unpaired) electrons. The normalized spacial score (nSPS) is 10.3. The predicted octanol–water partition coefficient (Wildman–Crippen LogP) is 3.15. The predicted molar refractivity (Wildman–Crippen MR) is 110 cm³/mol. The van der Waals surface area contributed by atoms with Crippen molar-refractivity contribution >= 4 is 28.5 Å². The molecule has 0 atom stereocenters. The standard InChI is InChI=1S/C18H15ClFN3O5.C2H6/c1-2-27-18(26)11-9-23(15-7-22-16(8-21-15)28-4-3-24)14-6-13(20)12(19)5-10(14)17(11)25;1-2/h5-9,24H,2-4H2,1H3;1-2H3. The average Bonchev–Trinajstić information content (AvgIpc) is 2.76. The molecule has 2 heterocycles. The van der Waals surface area contributed by atoms with Crippen LogP contribution in [0.3, 0.4) is 0 Å². The van der Waals surface area contributed by atoms with Gasteiger partial charge in [-0.15, -0.1) is 0 Å². The Hall–Kier alpha value is -3.04. The Morgan fingerprint density at radius 1 is 1.27 bits per heavy atom. The molecule has 0 spiro atoms. The number of rotatable bonds is 6. The van der Waals surface area contributed by atoms with Gasteiger partial charge in [-0.1, -0.05) is 25.4 Å². The summed E-state index contributed by atoms with van der Waals surface area (Å²) in [5.41, 5.74) is -0.736. The Kier molecular flexibility index (Phi) is 8.25. The van der Waals surface area contributed by atoms with Crippen LogP contribution in [0.25, 0.3) is 16.7 Å². The SMILES string of the molecule is CC.CCOC(=O)c1cn(-c2cnc(OCCO)cn2)c2cc(F)c(Cl)cc2c1=O. The van der Waals surface area contributed by atoms with Crippen LogP contribution in [0.1, 0.15) is 31.1 Å². The second-order valence-electron chi connectivity index (χ2n) is 5.53. The molecule has 8 nitrogen and oxygen atoms in total. The minimum absolute atomic E-state index is 0.0272. The summed E-state index contributed by atoms with van der Waals surface area (Å²) in [6.45, 7) is 5.56. The van der Waals surface area contributed by atoms with Gasteiger partial charge in [0.2, 0.25) is 11.3 Å². The smallest absolute Gasteiger partial charge is 0.343 e. The number of carbonyl (C=O) groups excluding carboxylic acids is 1. The number of pyridine rings is 1. The van der Waals surface area contributed by atoms with Gasteiger partial charge in [-0.25, -0.2) is 19.2 Å². The number of hydrogen-bond acceptors (Lipinski definition) is 7. The monoisotopic (exact) mass is 437 g/mol. The summed E-state index contributed by atoms with van der Waals surface area (Å²) in [6.07, 6.45) is 3.83. The number of nitrogens with zero attached hydrogens (tertiary/aromatic N) is 3. The Morgan fingerprint density at radius 3 is 2.60 bits per heavy atom. The molecule has 0 bridgehead atoms. The van der Waals surface area contributed by atoms with Crippen molar-refractivity contribution in [3.05, 3.63) is 57.3 Å². The Morgan fingerprint density at radius 2 is 2.00 bits per heavy atom. The van der Waals surface area contributed by atoms with Crippen molar-refractivity contribution in [1.82, 2.24) is 14.5 Å². The van der Waals surface area contributed by atoms with E-state index in [0.29, 0.717) is 0 Å². The summed E-state index contributed by atoms with van der Waals surface area (Å²) in [5.74, 6) is -1.18. The van der Waals surface area contributed by atoms with Crippen molar-refractivity contribution in [3.8, 4) is 11.7 Å². The molecule has 0 aliphatic heterocycles. The fourth-order valence-corrected chi connectivity index (χ4v) is 2.69. The highest BCUT2D eigenvalue weighted by molar-refractivity contribution is 6.31. The maximum absolute atomic E-state index is 14.0. The zero-order valence-electron chi connectivity index (χ0n) is 16.7. The van der Waals surface area contributed by atoms with Crippen molar-refractivity contribution in [1.29, 1.82) is 0 Å². The number of aliphatic hydroxyl groups is 1. The highest BCUT2D eigenvalue weighted by Crippen LogP contribution is 2.23. The quantitative estimate of drug-likeness (QED) is 0.591. The van der Waals surface area contributed by atoms with E-state index >= 15 is 0 Å². The van der Waals surface area contributed by atoms with Gasteiger partial charge < -0.3 is 14.6 Å². The summed E-state index contributed by atoms with van der Waals surface area (Å²) in [7, 11) is 0. The van der Waals surface area contributed by atoms with Gasteiger partial charge in [-0.2, -0.15) is 0 Å². The van der Waals surface area contributed by atoms with E-state index in [-0.39, 0.29) is 53.0 Å². The van der Waals surface area contributed by atoms with E-state index in [1.165, 1.54) is 23.2 Å². The van der Waals surface area contributed by atoms with E-state index in [0.717, 1.165) is 12.1 Å². The lowest BCUT2D eigenvalue weighted by Gasteiger charge is -2.13. The van der Waals surface area contributed by atoms with Crippen LogP contribution in [0.15, 0.2) is 35.5 Å². The van der Waals surface area contributed by atoms with Crippen molar-refractivity contribution < 1.29 is 23.8 Å². The van der Waals surface area contributed by atoms with Gasteiger partial charge in [0.15, 0.2) is 5.82 Å². The summed E-state index contributed by atoms with van der Waals surface area (Å²) < 4.78 is 25.5. The number of halogens is 2. The van der Waals surface area contributed by atoms with Crippen LogP contribution >= 0.6 is 11.6 Å². The number of aromatic nitrogens is 3. The lowest BCUT2D eigenvalue weighted by atomic mass is 10.1. The van der Waals surface area contributed by atoms with E-state index in [4.69, 9.17) is 26.2 Å². The van der Waals surface area contributed by atoms with Gasteiger partial charge >= 0.3 is 5.97 Å². The number of aliphatic hydroxyl groups excluding tert-OH is 1. The summed E-state index contributed by atoms with van der Waals surface area (Å²) in [5, 5.41) is 8.56. The van der Waals surface area contributed by atoms with Crippen LogP contribution in [0.5, 0.6) is 5.88 Å². The molecule has 0 saturated heterocycles. The first kappa shape index (κ1) is 23.2. The summed E-state index contributed by atoms with van der Waals surface area (Å²) >= 11 is 5.82. The largest absolute Gasteiger partial charge is 0.474 e. The van der Waals surface area contributed by atoms with Gasteiger partial charge in [-0.3, -0.25) is 9.36 Å². The fourth-order valence-electron chi connectivity index (χ4n) is 2.52. The number of hydrogen-bond donors (Lipinski definition) is 1. The van der Waals surface area contributed by atoms with E-state index in [9.17, 15) is 14.0 Å². The Balaban J connectivity index is 0.00000155. The van der Waals surface area contributed by atoms with Gasteiger partial charge in [-0.05, 0) is 13.0 Å². The number of esters is 1. The molecule has 160 valence electrons. The maximum Gasteiger partial charge on any atom is 0.343 e. The summed E-state index contributed by atoms with van der Waals surface area (Å²) in [4.78, 5) is 33.1. The molecular formula is C20H21ClFN3O5. The van der Waals surface area contributed by atoms with E-state index < -0.39 is 17.2 Å². The molecule has 3 aromatic rings. The third kappa shape index (κ3) is 4.92. The molecule has 0 aliphatic carbocycles. The second kappa shape index (κ2) is 10.7. The van der Waals surface area contributed by atoms with E-state index in [1.54, 1.807) is 6.92 Å². The molecule has 3 rings (SSSR count). The third-order valence-corrected chi connectivity index (χ3v) is 4.03. The zero-order chi connectivity index (χ0) is 22.3. The molecule has 10 heteroatoms. The van der Waals surface area contributed by atoms with Crippen LogP contribution in [0.2, 0.25) is 5.02 Å². The minimum Gasteiger partial charge on any atom is -0.474 e. The van der Waals surface area contributed by atoms with Crippen LogP contribution in [-0.2, 0) is 4.74 Å². The van der Waals surface area contributed by atoms with Crippen LogP contribution < -0.4 is 10.2 Å². The number of carbonyl (C=O) groups is 1. The average molecular weight is 438 g/mol. The van der Waals surface area contributed by atoms with Crippen molar-refractivity contribution in [2.24, 2.45) is 0 Å². The van der Waals surface area contributed by atoms with Crippen molar-refractivity contribution in [3.63, 3.8) is 0 Å². The van der Waals surface area contributed by atoms with Gasteiger partial charge in [0, 0.05) is 17.6 Å². The number of benzene rings is 1. The molecule has 30 heavy (non-hydrogen) atoms. The molecule has 0 unspecified atom stereocenters. The van der Waals surface area contributed by atoms with Crippen molar-refractivity contribution in [2.75, 3.05) is 19.8 Å². The molecule has 0 saturated carbocycles. The van der Waals surface area contributed by atoms with E-state index in [1.807, 2.05) is 13.8 Å². The maximum atomic E-state index is 14.0. The molecule has 0 amide bonds. The van der Waals surface area contributed by atoms with Gasteiger partial charge in [0.25, 0.3) is 0 Å². The zero-order valence-corrected chi connectivity index (χ0v) is 17.4. The second-order valence-corrected chi connectivity index (χ2v) is 5.94. The van der Waals surface area contributed by atoms with Gasteiger partial charge in [0.05, 0.1) is 36.1 Å². The highest BCUT2D eigenvalue weighted by Gasteiger charge is 2.19. The number of ether oxygens (including phenoxy) is 2. The Labute approximate surface area is 176 Å². The Bertz CT molecular complexity index is 1090. The lowest BCUT2D eigenvalue weighted by Crippen LogP contribution is -2.21. The van der Waals surface area contributed by atoms with Gasteiger partial charge in [0.1, 0.15) is 18.0 Å². The summed E-state index contributed by atoms with van der Waals surface area (Å²) in [6, 6.07) is 2.23. The third-order valence-electron chi connectivity index (χ3n) is 3.74. The molecule has 2 aromatic heterocycles. The fraction of sp³-hybridized carbons (Fsp3) is 0.300. The molecular weight excluding hydrogens is 417 g/mol. The highest BCUT2D eigenvalue weighted by atomic mass is 35.5. The molecule has 0 aliphatic rings. The first-order valence-corrected chi connectivity index (χ1v) is 9.61.